The lowest BCUT2D eigenvalue weighted by Crippen LogP contribution is -2.24. The predicted octanol–water partition coefficient (Wildman–Crippen LogP) is 0.613. The average Bonchev–Trinajstić information content (AvgIpc) is 2.96. The fraction of sp³-hybridized carbons (Fsp3) is 0.357. The summed E-state index contributed by atoms with van der Waals surface area (Å²) in [6.07, 6.45) is 0.939. The van der Waals surface area contributed by atoms with Crippen molar-refractivity contribution in [3.63, 3.8) is 0 Å². The molecule has 1 unspecified atom stereocenters. The number of ether oxygens (including phenoxy) is 1. The van der Waals surface area contributed by atoms with Crippen molar-refractivity contribution in [2.45, 2.75) is 19.3 Å². The molecule has 0 bridgehead atoms. The van der Waals surface area contributed by atoms with Crippen LogP contribution in [0.4, 0.5) is 5.69 Å². The maximum Gasteiger partial charge on any atom is 0.230 e. The highest BCUT2D eigenvalue weighted by atomic mass is 16.5. The number of nitrogens with one attached hydrogen (secondary N) is 2. The minimum atomic E-state index is -0.555. The lowest BCUT2D eigenvalue weighted by Gasteiger charge is -2.08. The maximum absolute atomic E-state index is 11.9. The Morgan fingerprint density at radius 2 is 2.25 bits per heavy atom. The molecule has 3 rings (SSSR count). The van der Waals surface area contributed by atoms with Crippen molar-refractivity contribution in [2.75, 3.05) is 11.9 Å². The van der Waals surface area contributed by atoms with Gasteiger partial charge in [0.25, 0.3) is 0 Å². The van der Waals surface area contributed by atoms with Gasteiger partial charge >= 0.3 is 0 Å². The van der Waals surface area contributed by atoms with E-state index in [0.717, 1.165) is 17.7 Å². The Kier molecular flexibility index (Phi) is 3.14. The van der Waals surface area contributed by atoms with Crippen LogP contribution in [-0.4, -0.2) is 24.3 Å². The zero-order valence-corrected chi connectivity index (χ0v) is 10.8. The monoisotopic (exact) mass is 274 g/mol. The fourth-order valence-electron chi connectivity index (χ4n) is 2.47. The second-order valence-corrected chi connectivity index (χ2v) is 4.99. The van der Waals surface area contributed by atoms with Crippen molar-refractivity contribution in [1.82, 2.24) is 5.32 Å². The van der Waals surface area contributed by atoms with Crippen LogP contribution in [0.15, 0.2) is 18.2 Å². The van der Waals surface area contributed by atoms with E-state index < -0.39 is 5.92 Å². The smallest absolute Gasteiger partial charge is 0.230 e. The summed E-state index contributed by atoms with van der Waals surface area (Å²) in [5.41, 5.74) is 1.75. The lowest BCUT2D eigenvalue weighted by molar-refractivity contribution is -0.127. The van der Waals surface area contributed by atoms with Gasteiger partial charge in [0.15, 0.2) is 0 Å². The number of fused-ring (bicyclic) bond motifs is 1. The quantitative estimate of drug-likeness (QED) is 0.791. The summed E-state index contributed by atoms with van der Waals surface area (Å²) in [4.78, 5) is 34.3. The van der Waals surface area contributed by atoms with Crippen molar-refractivity contribution < 1.29 is 19.1 Å². The van der Waals surface area contributed by atoms with Gasteiger partial charge in [-0.15, -0.1) is 0 Å². The number of amides is 3. The Morgan fingerprint density at radius 1 is 1.40 bits per heavy atom. The van der Waals surface area contributed by atoms with Crippen LogP contribution in [-0.2, 0) is 20.8 Å². The largest absolute Gasteiger partial charge is 0.493 e. The molecule has 3 amide bonds. The molecule has 2 N–H and O–H groups in total. The van der Waals surface area contributed by atoms with Gasteiger partial charge < -0.3 is 10.1 Å². The third-order valence-corrected chi connectivity index (χ3v) is 3.47. The number of benzene rings is 1. The van der Waals surface area contributed by atoms with Gasteiger partial charge in [-0.2, -0.15) is 0 Å². The molecule has 20 heavy (non-hydrogen) atoms. The highest BCUT2D eigenvalue weighted by Gasteiger charge is 2.32. The van der Waals surface area contributed by atoms with E-state index in [1.165, 1.54) is 0 Å². The summed E-state index contributed by atoms with van der Waals surface area (Å²) in [6, 6.07) is 5.46. The van der Waals surface area contributed by atoms with Gasteiger partial charge in [-0.1, -0.05) is 0 Å². The number of carbonyl (C=O) groups is 3. The molecule has 0 aliphatic carbocycles. The summed E-state index contributed by atoms with van der Waals surface area (Å²) in [5.74, 6) is -0.655. The molecule has 1 fully saturated rings. The van der Waals surface area contributed by atoms with E-state index in [1.54, 1.807) is 6.07 Å². The number of hydrogen-bond acceptors (Lipinski definition) is 4. The molecule has 6 nitrogen and oxygen atoms in total. The molecule has 104 valence electrons. The summed E-state index contributed by atoms with van der Waals surface area (Å²) >= 11 is 0. The van der Waals surface area contributed by atoms with Crippen LogP contribution < -0.4 is 15.4 Å². The Balaban J connectivity index is 1.62. The molecule has 0 aromatic heterocycles. The molecule has 0 spiro atoms. The molecule has 1 atom stereocenters. The van der Waals surface area contributed by atoms with E-state index in [1.807, 2.05) is 12.1 Å². The molecule has 2 aliphatic rings. The molecule has 1 aromatic carbocycles. The minimum Gasteiger partial charge on any atom is -0.493 e. The number of rotatable bonds is 3. The maximum atomic E-state index is 11.9. The zero-order valence-electron chi connectivity index (χ0n) is 10.8. The molecule has 0 saturated carbocycles. The van der Waals surface area contributed by atoms with Gasteiger partial charge in [-0.3, -0.25) is 19.7 Å². The van der Waals surface area contributed by atoms with Crippen LogP contribution in [0.1, 0.15) is 18.4 Å². The molecular formula is C14H14N2O4. The second kappa shape index (κ2) is 4.96. The highest BCUT2D eigenvalue weighted by molar-refractivity contribution is 6.05. The fourth-order valence-corrected chi connectivity index (χ4v) is 2.47. The topological polar surface area (TPSA) is 84.5 Å². The Morgan fingerprint density at radius 3 is 3.00 bits per heavy atom. The van der Waals surface area contributed by atoms with Crippen LogP contribution in [0.3, 0.4) is 0 Å². The Labute approximate surface area is 115 Å². The van der Waals surface area contributed by atoms with Crippen LogP contribution in [0.5, 0.6) is 5.75 Å². The summed E-state index contributed by atoms with van der Waals surface area (Å²) in [6.45, 7) is 0.664. The third kappa shape index (κ3) is 2.49. The summed E-state index contributed by atoms with van der Waals surface area (Å²) < 4.78 is 5.39. The van der Waals surface area contributed by atoms with Crippen LogP contribution >= 0.6 is 0 Å². The molecule has 0 radical (unpaired) electrons. The molecule has 2 heterocycles. The predicted molar refractivity (Wildman–Crippen MR) is 70.1 cm³/mol. The van der Waals surface area contributed by atoms with Gasteiger partial charge in [0.1, 0.15) is 5.75 Å². The lowest BCUT2D eigenvalue weighted by atomic mass is 10.0. The van der Waals surface area contributed by atoms with Crippen molar-refractivity contribution in [1.29, 1.82) is 0 Å². The standard InChI is InChI=1S/C14H14N2O4/c17-12(6-9-7-13(18)16-14(9)19)15-10-1-2-11-8(5-10)3-4-20-11/h1-2,5,9H,3-4,6-7H2,(H,15,17)(H,16,18,19). The van der Waals surface area contributed by atoms with Crippen LogP contribution in [0.25, 0.3) is 0 Å². The Bertz CT molecular complexity index is 597. The van der Waals surface area contributed by atoms with Crippen LogP contribution in [0, 0.1) is 5.92 Å². The van der Waals surface area contributed by atoms with E-state index >= 15 is 0 Å². The first-order valence-electron chi connectivity index (χ1n) is 6.51. The Hall–Kier alpha value is -2.37. The third-order valence-electron chi connectivity index (χ3n) is 3.47. The zero-order chi connectivity index (χ0) is 14.1. The van der Waals surface area contributed by atoms with E-state index in [4.69, 9.17) is 4.74 Å². The van der Waals surface area contributed by atoms with Gasteiger partial charge in [-0.05, 0) is 23.8 Å². The number of anilines is 1. The minimum absolute atomic E-state index is 0.0190. The van der Waals surface area contributed by atoms with E-state index in [0.29, 0.717) is 12.3 Å². The van der Waals surface area contributed by atoms with Crippen molar-refractivity contribution >= 4 is 23.4 Å². The van der Waals surface area contributed by atoms with Crippen molar-refractivity contribution in [3.05, 3.63) is 23.8 Å². The van der Waals surface area contributed by atoms with Gasteiger partial charge in [0, 0.05) is 24.9 Å². The van der Waals surface area contributed by atoms with E-state index in [2.05, 4.69) is 10.6 Å². The number of imide groups is 1. The summed E-state index contributed by atoms with van der Waals surface area (Å²) in [5, 5.41) is 4.94. The number of carbonyl (C=O) groups excluding carboxylic acids is 3. The first-order chi connectivity index (χ1) is 9.61. The molecule has 2 aliphatic heterocycles. The number of hydrogen-bond donors (Lipinski definition) is 2. The molecule has 6 heteroatoms. The van der Waals surface area contributed by atoms with Gasteiger partial charge in [-0.25, -0.2) is 0 Å². The van der Waals surface area contributed by atoms with Crippen molar-refractivity contribution in [3.8, 4) is 5.75 Å². The van der Waals surface area contributed by atoms with E-state index in [-0.39, 0.29) is 30.6 Å². The normalized spacial score (nSPS) is 20.3. The first kappa shape index (κ1) is 12.7. The van der Waals surface area contributed by atoms with Crippen LogP contribution in [0.2, 0.25) is 0 Å². The molecular weight excluding hydrogens is 260 g/mol. The SMILES string of the molecule is O=C1CC(CC(=O)Nc2ccc3c(c2)CCO3)C(=O)N1. The van der Waals surface area contributed by atoms with Crippen molar-refractivity contribution in [2.24, 2.45) is 5.92 Å². The molecule has 1 saturated heterocycles. The average molecular weight is 274 g/mol. The van der Waals surface area contributed by atoms with Gasteiger partial charge in [0.05, 0.1) is 12.5 Å². The molecule has 1 aromatic rings. The van der Waals surface area contributed by atoms with E-state index in [9.17, 15) is 14.4 Å². The second-order valence-electron chi connectivity index (χ2n) is 4.99. The van der Waals surface area contributed by atoms with Gasteiger partial charge in [0.2, 0.25) is 17.7 Å². The summed E-state index contributed by atoms with van der Waals surface area (Å²) in [7, 11) is 0. The first-order valence-corrected chi connectivity index (χ1v) is 6.51. The highest BCUT2D eigenvalue weighted by Crippen LogP contribution is 2.28.